The van der Waals surface area contributed by atoms with Gasteiger partial charge >= 0.3 is 5.97 Å². The molecule has 0 N–H and O–H groups in total. The first-order valence-electron chi connectivity index (χ1n) is 5.55. The molecule has 2 aromatic rings. The van der Waals surface area contributed by atoms with Crippen molar-refractivity contribution in [2.75, 3.05) is 6.61 Å². The molecule has 0 saturated carbocycles. The smallest absolute Gasteiger partial charge is 0.376 e. The van der Waals surface area contributed by atoms with E-state index in [0.717, 1.165) is 11.2 Å². The normalized spacial score (nSPS) is 10.5. The topological polar surface area (TPSA) is 65.0 Å². The third-order valence-corrected chi connectivity index (χ3v) is 2.32. The van der Waals surface area contributed by atoms with E-state index in [1.54, 1.807) is 19.2 Å². The minimum Gasteiger partial charge on any atom is -0.460 e. The third kappa shape index (κ3) is 2.22. The molecule has 0 saturated heterocycles. The Hall–Kier alpha value is -2.04. The Morgan fingerprint density at radius 3 is 2.88 bits per heavy atom. The number of ether oxygens (including phenoxy) is 1. The lowest BCUT2D eigenvalue weighted by molar-refractivity contribution is 0.0512. The first-order valence-corrected chi connectivity index (χ1v) is 5.55. The van der Waals surface area contributed by atoms with Crippen molar-refractivity contribution in [1.82, 2.24) is 15.0 Å². The Labute approximate surface area is 98.9 Å². The summed E-state index contributed by atoms with van der Waals surface area (Å²) in [6, 6.07) is 3.59. The largest absolute Gasteiger partial charge is 0.460 e. The number of hydrogen-bond acceptors (Lipinski definition) is 5. The molecule has 0 aliphatic heterocycles. The van der Waals surface area contributed by atoms with Crippen molar-refractivity contribution in [2.24, 2.45) is 0 Å². The van der Waals surface area contributed by atoms with Gasteiger partial charge in [0.25, 0.3) is 0 Å². The van der Waals surface area contributed by atoms with Crippen LogP contribution in [0.1, 0.15) is 30.2 Å². The highest BCUT2D eigenvalue weighted by molar-refractivity contribution is 5.88. The van der Waals surface area contributed by atoms with Gasteiger partial charge in [-0.3, -0.25) is 4.98 Å². The second-order valence-corrected chi connectivity index (χ2v) is 3.44. The van der Waals surface area contributed by atoms with Crippen molar-refractivity contribution in [1.29, 1.82) is 0 Å². The van der Waals surface area contributed by atoms with Gasteiger partial charge in [0.05, 0.1) is 17.8 Å². The molecule has 0 spiro atoms. The molecule has 88 valence electrons. The van der Waals surface area contributed by atoms with Crippen LogP contribution in [0.4, 0.5) is 0 Å². The van der Waals surface area contributed by atoms with Crippen molar-refractivity contribution in [3.8, 4) is 0 Å². The summed E-state index contributed by atoms with van der Waals surface area (Å²) in [4.78, 5) is 24.2. The summed E-state index contributed by atoms with van der Waals surface area (Å²) < 4.78 is 4.89. The summed E-state index contributed by atoms with van der Waals surface area (Å²) in [5.74, 6) is -0.392. The standard InChI is InChI=1S/C12H13N3O2/c1-3-8-10-9(6-5-7-13-10)15-11(14-8)12(16)17-4-2/h5-7H,3-4H2,1-2H3. The number of esters is 1. The molecular weight excluding hydrogens is 218 g/mol. The van der Waals surface area contributed by atoms with E-state index in [0.29, 0.717) is 18.5 Å². The fourth-order valence-electron chi connectivity index (χ4n) is 1.56. The monoisotopic (exact) mass is 231 g/mol. The summed E-state index contributed by atoms with van der Waals surface area (Å²) >= 11 is 0. The Morgan fingerprint density at radius 1 is 1.35 bits per heavy atom. The van der Waals surface area contributed by atoms with Gasteiger partial charge in [-0.1, -0.05) is 6.92 Å². The lowest BCUT2D eigenvalue weighted by Crippen LogP contribution is -2.11. The van der Waals surface area contributed by atoms with Gasteiger partial charge in [0.15, 0.2) is 0 Å². The van der Waals surface area contributed by atoms with Gasteiger partial charge in [0, 0.05) is 6.20 Å². The number of fused-ring (bicyclic) bond motifs is 1. The maximum atomic E-state index is 11.6. The van der Waals surface area contributed by atoms with Gasteiger partial charge in [-0.25, -0.2) is 14.8 Å². The van der Waals surface area contributed by atoms with Crippen LogP contribution in [-0.4, -0.2) is 27.5 Å². The van der Waals surface area contributed by atoms with Crippen molar-refractivity contribution in [2.45, 2.75) is 20.3 Å². The first kappa shape index (κ1) is 11.4. The summed E-state index contributed by atoms with van der Waals surface area (Å²) in [5.41, 5.74) is 2.17. The van der Waals surface area contributed by atoms with Gasteiger partial charge in [-0.05, 0) is 25.5 Å². The van der Waals surface area contributed by atoms with Crippen LogP contribution in [0.25, 0.3) is 11.0 Å². The predicted octanol–water partition coefficient (Wildman–Crippen LogP) is 1.76. The van der Waals surface area contributed by atoms with E-state index < -0.39 is 5.97 Å². The van der Waals surface area contributed by atoms with E-state index in [2.05, 4.69) is 15.0 Å². The third-order valence-electron chi connectivity index (χ3n) is 2.32. The summed E-state index contributed by atoms with van der Waals surface area (Å²) in [6.07, 6.45) is 2.39. The highest BCUT2D eigenvalue weighted by Gasteiger charge is 2.14. The molecule has 17 heavy (non-hydrogen) atoms. The molecule has 0 aliphatic carbocycles. The summed E-state index contributed by atoms with van der Waals surface area (Å²) in [7, 11) is 0. The quantitative estimate of drug-likeness (QED) is 0.753. The van der Waals surface area contributed by atoms with Crippen LogP contribution in [0.3, 0.4) is 0 Å². The average Bonchev–Trinajstić information content (AvgIpc) is 2.37. The fourth-order valence-corrected chi connectivity index (χ4v) is 1.56. The van der Waals surface area contributed by atoms with E-state index in [-0.39, 0.29) is 5.82 Å². The zero-order valence-electron chi connectivity index (χ0n) is 9.80. The zero-order valence-corrected chi connectivity index (χ0v) is 9.80. The van der Waals surface area contributed by atoms with E-state index in [1.807, 2.05) is 13.0 Å². The highest BCUT2D eigenvalue weighted by Crippen LogP contribution is 2.13. The number of pyridine rings is 1. The van der Waals surface area contributed by atoms with Crippen LogP contribution in [0.5, 0.6) is 0 Å². The number of rotatable bonds is 3. The molecule has 5 heteroatoms. The lowest BCUT2D eigenvalue weighted by Gasteiger charge is -2.05. The van der Waals surface area contributed by atoms with Gasteiger partial charge in [-0.2, -0.15) is 0 Å². The predicted molar refractivity (Wildman–Crippen MR) is 62.7 cm³/mol. The number of hydrogen-bond donors (Lipinski definition) is 0. The van der Waals surface area contributed by atoms with E-state index in [1.165, 1.54) is 0 Å². The molecule has 0 fully saturated rings. The van der Waals surface area contributed by atoms with Crippen molar-refractivity contribution in [3.05, 3.63) is 29.8 Å². The molecule has 5 nitrogen and oxygen atoms in total. The Balaban J connectivity index is 2.56. The van der Waals surface area contributed by atoms with Gasteiger partial charge in [0.1, 0.15) is 5.52 Å². The first-order chi connectivity index (χ1) is 8.26. The molecule has 2 rings (SSSR count). The van der Waals surface area contributed by atoms with Gasteiger partial charge < -0.3 is 4.74 Å². The summed E-state index contributed by atoms with van der Waals surface area (Å²) in [6.45, 7) is 4.03. The maximum absolute atomic E-state index is 11.6. The van der Waals surface area contributed by atoms with Crippen LogP contribution < -0.4 is 0 Å². The SMILES string of the molecule is CCOC(=O)c1nc(CC)c2ncccc2n1. The Morgan fingerprint density at radius 2 is 2.18 bits per heavy atom. The molecule has 0 aliphatic rings. The lowest BCUT2D eigenvalue weighted by atomic mass is 10.2. The van der Waals surface area contributed by atoms with Crippen LogP contribution in [-0.2, 0) is 11.2 Å². The zero-order chi connectivity index (χ0) is 12.3. The van der Waals surface area contributed by atoms with Gasteiger partial charge in [-0.15, -0.1) is 0 Å². The van der Waals surface area contributed by atoms with Gasteiger partial charge in [0.2, 0.25) is 5.82 Å². The highest BCUT2D eigenvalue weighted by atomic mass is 16.5. The van der Waals surface area contributed by atoms with Crippen LogP contribution >= 0.6 is 0 Å². The van der Waals surface area contributed by atoms with E-state index >= 15 is 0 Å². The molecule has 0 atom stereocenters. The number of carbonyl (C=O) groups excluding carboxylic acids is 1. The molecule has 2 heterocycles. The Kier molecular flexibility index (Phi) is 3.27. The minimum absolute atomic E-state index is 0.101. The fraction of sp³-hybridized carbons (Fsp3) is 0.333. The Bertz CT molecular complexity index is 554. The summed E-state index contributed by atoms with van der Waals surface area (Å²) in [5, 5.41) is 0. The number of nitrogens with zero attached hydrogens (tertiary/aromatic N) is 3. The van der Waals surface area contributed by atoms with E-state index in [4.69, 9.17) is 4.74 Å². The molecule has 2 aromatic heterocycles. The number of carbonyl (C=O) groups is 1. The number of aryl methyl sites for hydroxylation is 1. The molecule has 0 bridgehead atoms. The molecule has 0 unspecified atom stereocenters. The minimum atomic E-state index is -0.493. The van der Waals surface area contributed by atoms with E-state index in [9.17, 15) is 4.79 Å². The molecule has 0 amide bonds. The van der Waals surface area contributed by atoms with Crippen LogP contribution in [0, 0.1) is 0 Å². The molecular formula is C12H13N3O2. The van der Waals surface area contributed by atoms with Crippen molar-refractivity contribution >= 4 is 17.0 Å². The van der Waals surface area contributed by atoms with Crippen molar-refractivity contribution in [3.63, 3.8) is 0 Å². The number of aromatic nitrogens is 3. The second kappa shape index (κ2) is 4.86. The molecule has 0 aromatic carbocycles. The maximum Gasteiger partial charge on any atom is 0.376 e. The van der Waals surface area contributed by atoms with Crippen LogP contribution in [0.15, 0.2) is 18.3 Å². The van der Waals surface area contributed by atoms with Crippen molar-refractivity contribution < 1.29 is 9.53 Å². The molecule has 0 radical (unpaired) electrons. The second-order valence-electron chi connectivity index (χ2n) is 3.44. The van der Waals surface area contributed by atoms with Crippen LogP contribution in [0.2, 0.25) is 0 Å². The average molecular weight is 231 g/mol.